The normalized spacial score (nSPS) is 17.3. The molecule has 0 unspecified atom stereocenters. The Balaban J connectivity index is 0.00000380. The summed E-state index contributed by atoms with van der Waals surface area (Å²) in [7, 11) is 0. The Labute approximate surface area is 269 Å². The Hall–Kier alpha value is -0.560. The molecule has 2 fully saturated rings. The van der Waals surface area contributed by atoms with Crippen LogP contribution < -0.4 is 60.3 Å². The molecule has 0 spiro atoms. The van der Waals surface area contributed by atoms with Gasteiger partial charge in [0.25, 0.3) is 0 Å². The van der Waals surface area contributed by atoms with Gasteiger partial charge < -0.3 is 69.2 Å². The largest absolute Gasteiger partial charge is 1.00 e. The van der Waals surface area contributed by atoms with Crippen molar-refractivity contribution in [2.24, 2.45) is 0 Å². The van der Waals surface area contributed by atoms with E-state index in [1.54, 1.807) is 0 Å². The number of nitrogens with zero attached hydrogens (tertiary/aromatic N) is 2. The first-order valence-electron chi connectivity index (χ1n) is 15.2. The van der Waals surface area contributed by atoms with E-state index in [1.807, 2.05) is 0 Å². The van der Waals surface area contributed by atoms with Crippen LogP contribution in [0, 0.1) is 0 Å². The highest BCUT2D eigenvalue weighted by molar-refractivity contribution is 5.14. The van der Waals surface area contributed by atoms with E-state index < -0.39 is 0 Å². The zero-order valence-corrected chi connectivity index (χ0v) is 27.5. The second-order valence-corrected chi connectivity index (χ2v) is 11.9. The molecule has 230 valence electrons. The van der Waals surface area contributed by atoms with Crippen LogP contribution in [0.5, 0.6) is 0 Å². The molecule has 4 rings (SSSR count). The van der Waals surface area contributed by atoms with Crippen LogP contribution in [0.2, 0.25) is 0 Å². The molecule has 0 bridgehead atoms. The standard InChI is InChI=1S/C32H52N4.4ClH/c1(3-5-13-23-35(25-19-33-20-26-35)29-31-15-9-7-10-16-31)2-4-6-14-24-36(27-21-34-22-28-36)30-32-17-11-8-12-18-32;;;;/h7-12,15-18,33-34H,1-6,13-14,19-30H2;4*1H/q+2;;;;/p-2. The summed E-state index contributed by atoms with van der Waals surface area (Å²) in [6.07, 6.45) is 11.4. The fourth-order valence-corrected chi connectivity index (χ4v) is 6.79. The molecule has 2 aromatic rings. The van der Waals surface area contributed by atoms with Crippen molar-refractivity contribution in [3.05, 3.63) is 71.8 Å². The van der Waals surface area contributed by atoms with Crippen molar-refractivity contribution < 1.29 is 69.2 Å². The lowest BCUT2D eigenvalue weighted by Gasteiger charge is -2.40. The lowest BCUT2D eigenvalue weighted by atomic mass is 10.1. The fraction of sp³-hybridized carbons (Fsp3) is 0.625. The first-order valence-corrected chi connectivity index (χ1v) is 15.2. The van der Waals surface area contributed by atoms with Gasteiger partial charge in [-0.2, -0.15) is 0 Å². The van der Waals surface area contributed by atoms with Crippen LogP contribution in [0.15, 0.2) is 60.7 Å². The van der Waals surface area contributed by atoms with E-state index in [0.29, 0.717) is 0 Å². The minimum atomic E-state index is 0. The second kappa shape index (κ2) is 22.0. The SMILES string of the molecule is [Cl-].[Cl-].[Cl-].[Cl-].c1ccc(C[N+]2(CCCCCCCCCC[N+]3(Cc4ccccc4)CC[NH2+]CC3)CC[NH2+]CC2)cc1. The molecule has 0 atom stereocenters. The molecule has 0 radical (unpaired) electrons. The quantitative estimate of drug-likeness (QED) is 0.144. The van der Waals surface area contributed by atoms with E-state index in [0.717, 1.165) is 0 Å². The van der Waals surface area contributed by atoms with Gasteiger partial charge in [0.05, 0.1) is 13.1 Å². The molecule has 0 aliphatic carbocycles. The number of quaternary nitrogens is 4. The third kappa shape index (κ3) is 13.6. The van der Waals surface area contributed by atoms with Gasteiger partial charge in [0.15, 0.2) is 0 Å². The number of rotatable bonds is 15. The molecule has 2 aromatic carbocycles. The van der Waals surface area contributed by atoms with Crippen molar-refractivity contribution in [3.63, 3.8) is 0 Å². The van der Waals surface area contributed by atoms with Gasteiger partial charge in [-0.25, -0.2) is 0 Å². The van der Waals surface area contributed by atoms with E-state index in [1.165, 1.54) is 150 Å². The predicted molar refractivity (Wildman–Crippen MR) is 150 cm³/mol. The first-order chi connectivity index (χ1) is 17.8. The highest BCUT2D eigenvalue weighted by Gasteiger charge is 2.32. The maximum atomic E-state index is 2.51. The molecule has 8 heteroatoms. The monoisotopic (exact) mass is 634 g/mol. The van der Waals surface area contributed by atoms with E-state index >= 15 is 0 Å². The molecule has 2 aliphatic heterocycles. The molecule has 2 aliphatic rings. The number of piperazine rings is 2. The van der Waals surface area contributed by atoms with Crippen LogP contribution in [0.3, 0.4) is 0 Å². The lowest BCUT2D eigenvalue weighted by molar-refractivity contribution is -0.978. The Morgan fingerprint density at radius 1 is 0.425 bits per heavy atom. The van der Waals surface area contributed by atoms with E-state index in [9.17, 15) is 0 Å². The van der Waals surface area contributed by atoms with Gasteiger partial charge in [-0.1, -0.05) is 86.3 Å². The summed E-state index contributed by atoms with van der Waals surface area (Å²) in [5.41, 5.74) is 3.05. The molecule has 2 saturated heterocycles. The Morgan fingerprint density at radius 3 is 1.05 bits per heavy atom. The van der Waals surface area contributed by atoms with Gasteiger partial charge in [0, 0.05) is 11.1 Å². The van der Waals surface area contributed by atoms with Crippen LogP contribution >= 0.6 is 0 Å². The minimum Gasteiger partial charge on any atom is -1.00 e. The molecule has 4 N–H and O–H groups in total. The van der Waals surface area contributed by atoms with Gasteiger partial charge in [-0.15, -0.1) is 0 Å². The maximum absolute atomic E-state index is 2.51. The Kier molecular flexibility index (Phi) is 21.7. The second-order valence-electron chi connectivity index (χ2n) is 11.9. The molecule has 0 aromatic heterocycles. The fourth-order valence-electron chi connectivity index (χ4n) is 6.79. The number of nitrogens with two attached hydrogens (primary N) is 2. The van der Waals surface area contributed by atoms with Crippen LogP contribution in [-0.2, 0) is 13.1 Å². The average molecular weight is 637 g/mol. The Morgan fingerprint density at radius 2 is 0.725 bits per heavy atom. The van der Waals surface area contributed by atoms with Crippen LogP contribution in [0.1, 0.15) is 62.5 Å². The predicted octanol–water partition coefficient (Wildman–Crippen LogP) is -8.69. The summed E-state index contributed by atoms with van der Waals surface area (Å²) in [4.78, 5) is 0. The van der Waals surface area contributed by atoms with Gasteiger partial charge in [-0.3, -0.25) is 0 Å². The number of unbranched alkanes of at least 4 members (excludes halogenated alkanes) is 7. The van der Waals surface area contributed by atoms with E-state index in [-0.39, 0.29) is 49.6 Å². The molecular formula is C32H54Cl4N4. The van der Waals surface area contributed by atoms with Crippen molar-refractivity contribution in [2.75, 3.05) is 65.4 Å². The number of hydrogen-bond acceptors (Lipinski definition) is 0. The third-order valence-corrected chi connectivity index (χ3v) is 8.97. The molecule has 4 nitrogen and oxygen atoms in total. The molecular weight excluding hydrogens is 582 g/mol. The number of halogens is 4. The van der Waals surface area contributed by atoms with Crippen LogP contribution in [0.4, 0.5) is 0 Å². The number of hydrogen-bond donors (Lipinski definition) is 2. The molecule has 0 amide bonds. The summed E-state index contributed by atoms with van der Waals surface area (Å²) in [5.74, 6) is 0. The minimum absolute atomic E-state index is 0. The van der Waals surface area contributed by atoms with Crippen LogP contribution in [0.25, 0.3) is 0 Å². The average Bonchev–Trinajstić information content (AvgIpc) is 2.92. The van der Waals surface area contributed by atoms with Crippen molar-refractivity contribution in [1.29, 1.82) is 0 Å². The summed E-state index contributed by atoms with van der Waals surface area (Å²) in [6.45, 7) is 15.8. The number of benzene rings is 2. The zero-order valence-electron chi connectivity index (χ0n) is 24.5. The summed E-state index contributed by atoms with van der Waals surface area (Å²) in [5, 5.41) is 5.02. The maximum Gasteiger partial charge on any atom is 0.129 e. The van der Waals surface area contributed by atoms with Gasteiger partial charge in [0.1, 0.15) is 65.4 Å². The molecule has 40 heavy (non-hydrogen) atoms. The van der Waals surface area contributed by atoms with Gasteiger partial charge >= 0.3 is 0 Å². The summed E-state index contributed by atoms with van der Waals surface area (Å²) in [6, 6.07) is 22.4. The van der Waals surface area contributed by atoms with Crippen molar-refractivity contribution in [1.82, 2.24) is 0 Å². The van der Waals surface area contributed by atoms with E-state index in [2.05, 4.69) is 71.3 Å². The lowest BCUT2D eigenvalue weighted by Crippen LogP contribution is -3.00. The van der Waals surface area contributed by atoms with Crippen molar-refractivity contribution in [3.8, 4) is 0 Å². The van der Waals surface area contributed by atoms with Crippen LogP contribution in [-0.4, -0.2) is 74.4 Å². The van der Waals surface area contributed by atoms with Gasteiger partial charge in [0.2, 0.25) is 0 Å². The zero-order chi connectivity index (χ0) is 24.8. The molecule has 0 saturated carbocycles. The molecule has 2 heterocycles. The first kappa shape index (κ1) is 39.4. The summed E-state index contributed by atoms with van der Waals surface area (Å²) < 4.78 is 2.64. The van der Waals surface area contributed by atoms with Crippen molar-refractivity contribution >= 4 is 0 Å². The van der Waals surface area contributed by atoms with Crippen molar-refractivity contribution in [2.45, 2.75) is 64.5 Å². The van der Waals surface area contributed by atoms with E-state index in [4.69, 9.17) is 0 Å². The smallest absolute Gasteiger partial charge is 0.129 e. The Bertz CT molecular complexity index is 773. The third-order valence-electron chi connectivity index (χ3n) is 8.97. The summed E-state index contributed by atoms with van der Waals surface area (Å²) >= 11 is 0. The topological polar surface area (TPSA) is 33.2 Å². The highest BCUT2D eigenvalue weighted by Crippen LogP contribution is 2.20. The highest BCUT2D eigenvalue weighted by atomic mass is 35.5. The van der Waals surface area contributed by atoms with Gasteiger partial charge in [-0.05, 0) is 25.7 Å².